The van der Waals surface area contributed by atoms with Crippen LogP contribution < -0.4 is 4.90 Å². The van der Waals surface area contributed by atoms with Gasteiger partial charge in [-0.15, -0.1) is 22.7 Å². The van der Waals surface area contributed by atoms with Gasteiger partial charge in [0.1, 0.15) is 0 Å². The van der Waals surface area contributed by atoms with Gasteiger partial charge in [0.15, 0.2) is 0 Å². The number of thiophene rings is 1. The zero-order chi connectivity index (χ0) is 20.8. The van der Waals surface area contributed by atoms with Crippen LogP contribution in [0.4, 0.5) is 5.69 Å². The van der Waals surface area contributed by atoms with Crippen molar-refractivity contribution in [2.75, 3.05) is 31.1 Å². The quantitative estimate of drug-likeness (QED) is 0.586. The number of hydrogen-bond acceptors (Lipinski definition) is 6. The number of piperazine rings is 1. The summed E-state index contributed by atoms with van der Waals surface area (Å²) < 4.78 is 28.3. The maximum absolute atomic E-state index is 13.3. The number of nitrogens with zero attached hydrogens (tertiary/aromatic N) is 3. The molecule has 8 heteroatoms. The van der Waals surface area contributed by atoms with Crippen molar-refractivity contribution >= 4 is 38.4 Å². The molecule has 1 saturated heterocycles. The van der Waals surface area contributed by atoms with Crippen LogP contribution in [0.2, 0.25) is 0 Å². The molecule has 3 aromatic rings. The minimum absolute atomic E-state index is 0.420. The van der Waals surface area contributed by atoms with E-state index in [1.165, 1.54) is 28.2 Å². The van der Waals surface area contributed by atoms with Crippen molar-refractivity contribution in [3.05, 3.63) is 50.7 Å². The van der Waals surface area contributed by atoms with Gasteiger partial charge in [0.25, 0.3) is 0 Å². The third kappa shape index (κ3) is 3.99. The van der Waals surface area contributed by atoms with Crippen molar-refractivity contribution in [3.8, 4) is 10.6 Å². The average Bonchev–Trinajstić information content (AvgIpc) is 3.30. The molecule has 2 aromatic heterocycles. The highest BCUT2D eigenvalue weighted by Crippen LogP contribution is 2.35. The van der Waals surface area contributed by atoms with Crippen LogP contribution in [0.25, 0.3) is 10.6 Å². The summed E-state index contributed by atoms with van der Waals surface area (Å²) >= 11 is 3.08. The number of sulfonamides is 1. The van der Waals surface area contributed by atoms with E-state index in [4.69, 9.17) is 0 Å². The molecule has 4 rings (SSSR count). The Kier molecular flexibility index (Phi) is 5.54. The molecule has 0 saturated carbocycles. The number of thiazole rings is 1. The van der Waals surface area contributed by atoms with Crippen molar-refractivity contribution in [2.45, 2.75) is 32.6 Å². The topological polar surface area (TPSA) is 53.5 Å². The normalized spacial score (nSPS) is 15.8. The molecule has 0 amide bonds. The van der Waals surface area contributed by atoms with Crippen LogP contribution in [-0.2, 0) is 10.0 Å². The summed E-state index contributed by atoms with van der Waals surface area (Å²) in [7, 11) is -3.50. The smallest absolute Gasteiger partial charge is 0.244 e. The van der Waals surface area contributed by atoms with Crippen molar-refractivity contribution in [1.82, 2.24) is 9.29 Å². The largest absolute Gasteiger partial charge is 0.369 e. The molecule has 1 fully saturated rings. The summed E-state index contributed by atoms with van der Waals surface area (Å²) in [5.74, 6) is 0. The second-order valence-electron chi connectivity index (χ2n) is 7.46. The molecule has 3 heterocycles. The maximum Gasteiger partial charge on any atom is 0.244 e. The van der Waals surface area contributed by atoms with Gasteiger partial charge in [0, 0.05) is 42.1 Å². The average molecular weight is 448 g/mol. The molecule has 0 atom stereocenters. The van der Waals surface area contributed by atoms with Crippen LogP contribution in [0.3, 0.4) is 0 Å². The van der Waals surface area contributed by atoms with Gasteiger partial charge in [-0.25, -0.2) is 13.4 Å². The number of aromatic nitrogens is 1. The molecule has 0 radical (unpaired) electrons. The van der Waals surface area contributed by atoms with E-state index in [0.717, 1.165) is 20.5 Å². The monoisotopic (exact) mass is 447 g/mol. The van der Waals surface area contributed by atoms with Crippen molar-refractivity contribution < 1.29 is 8.42 Å². The lowest BCUT2D eigenvalue weighted by molar-refractivity contribution is 0.384. The van der Waals surface area contributed by atoms with Gasteiger partial charge < -0.3 is 4.90 Å². The zero-order valence-electron chi connectivity index (χ0n) is 17.1. The standard InChI is InChI=1S/C21H25N3O2S3/c1-14-5-6-15(2)19(11-14)23-7-9-24(10-8-23)29(25,26)21-12-20(28-16(21)3)18-13-27-17(4)22-18/h5-6,11-13H,7-10H2,1-4H3. The van der Waals surface area contributed by atoms with E-state index in [-0.39, 0.29) is 0 Å². The van der Waals surface area contributed by atoms with Gasteiger partial charge in [-0.2, -0.15) is 4.31 Å². The number of hydrogen-bond donors (Lipinski definition) is 0. The predicted octanol–water partition coefficient (Wildman–Crippen LogP) is 4.62. The predicted molar refractivity (Wildman–Crippen MR) is 122 cm³/mol. The highest BCUT2D eigenvalue weighted by atomic mass is 32.2. The number of anilines is 1. The molecule has 0 spiro atoms. The Morgan fingerprint density at radius 3 is 2.38 bits per heavy atom. The van der Waals surface area contributed by atoms with Crippen molar-refractivity contribution in [1.29, 1.82) is 0 Å². The van der Waals surface area contributed by atoms with Gasteiger partial charge in [-0.05, 0) is 51.0 Å². The minimum Gasteiger partial charge on any atom is -0.369 e. The van der Waals surface area contributed by atoms with Crippen LogP contribution in [0.5, 0.6) is 0 Å². The van der Waals surface area contributed by atoms with E-state index in [2.05, 4.69) is 41.9 Å². The second kappa shape index (κ2) is 7.83. The van der Waals surface area contributed by atoms with Crippen molar-refractivity contribution in [3.63, 3.8) is 0 Å². The van der Waals surface area contributed by atoms with Gasteiger partial charge in [0.05, 0.1) is 20.5 Å². The molecule has 0 N–H and O–H groups in total. The van der Waals surface area contributed by atoms with Crippen LogP contribution in [0, 0.1) is 27.7 Å². The highest BCUT2D eigenvalue weighted by Gasteiger charge is 2.31. The lowest BCUT2D eigenvalue weighted by atomic mass is 10.1. The molecule has 1 aromatic carbocycles. The van der Waals surface area contributed by atoms with Gasteiger partial charge in [-0.3, -0.25) is 0 Å². The minimum atomic E-state index is -3.50. The molecule has 1 aliphatic heterocycles. The lowest BCUT2D eigenvalue weighted by Gasteiger charge is -2.36. The maximum atomic E-state index is 13.3. The van der Waals surface area contributed by atoms with Crippen LogP contribution in [-0.4, -0.2) is 43.9 Å². The fraction of sp³-hybridized carbons (Fsp3) is 0.381. The van der Waals surface area contributed by atoms with Crippen LogP contribution in [0.1, 0.15) is 21.0 Å². The molecule has 0 bridgehead atoms. The van der Waals surface area contributed by atoms with E-state index in [0.29, 0.717) is 31.1 Å². The first-order chi connectivity index (χ1) is 13.8. The molecule has 0 aliphatic carbocycles. The van der Waals surface area contributed by atoms with Gasteiger partial charge in [-0.1, -0.05) is 12.1 Å². The molecule has 1 aliphatic rings. The molecular weight excluding hydrogens is 422 g/mol. The molecule has 154 valence electrons. The van der Waals surface area contributed by atoms with Crippen LogP contribution in [0.15, 0.2) is 34.5 Å². The Morgan fingerprint density at radius 2 is 1.72 bits per heavy atom. The highest BCUT2D eigenvalue weighted by molar-refractivity contribution is 7.89. The van der Waals surface area contributed by atoms with E-state index >= 15 is 0 Å². The van der Waals surface area contributed by atoms with Gasteiger partial charge in [0.2, 0.25) is 10.0 Å². The van der Waals surface area contributed by atoms with E-state index in [9.17, 15) is 8.42 Å². The summed E-state index contributed by atoms with van der Waals surface area (Å²) in [6.45, 7) is 10.4. The first-order valence-corrected chi connectivity index (χ1v) is 12.7. The Balaban J connectivity index is 1.54. The Bertz CT molecular complexity index is 1140. The van der Waals surface area contributed by atoms with E-state index in [1.54, 1.807) is 21.7 Å². The van der Waals surface area contributed by atoms with E-state index in [1.807, 2.05) is 19.2 Å². The SMILES string of the molecule is Cc1ccc(C)c(N2CCN(S(=O)(=O)c3cc(-c4csc(C)n4)sc3C)CC2)c1. The zero-order valence-corrected chi connectivity index (χ0v) is 19.5. The molecular formula is C21H25N3O2S3. The third-order valence-corrected chi connectivity index (χ3v) is 9.31. The molecule has 29 heavy (non-hydrogen) atoms. The Morgan fingerprint density at radius 1 is 1.00 bits per heavy atom. The summed E-state index contributed by atoms with van der Waals surface area (Å²) in [5, 5.41) is 2.97. The molecule has 5 nitrogen and oxygen atoms in total. The summed E-state index contributed by atoms with van der Waals surface area (Å²) in [6, 6.07) is 8.22. The molecule has 0 unspecified atom stereocenters. The Hall–Kier alpha value is -1.74. The first-order valence-electron chi connectivity index (χ1n) is 9.61. The second-order valence-corrected chi connectivity index (χ2v) is 11.7. The number of rotatable bonds is 4. The van der Waals surface area contributed by atoms with Gasteiger partial charge >= 0.3 is 0 Å². The van der Waals surface area contributed by atoms with E-state index < -0.39 is 10.0 Å². The summed E-state index contributed by atoms with van der Waals surface area (Å²) in [5.41, 5.74) is 4.51. The third-order valence-electron chi connectivity index (χ3n) is 5.31. The lowest BCUT2D eigenvalue weighted by Crippen LogP contribution is -2.48. The summed E-state index contributed by atoms with van der Waals surface area (Å²) in [4.78, 5) is 8.95. The Labute approximate surface area is 180 Å². The van der Waals surface area contributed by atoms with Crippen molar-refractivity contribution in [2.24, 2.45) is 0 Å². The van der Waals surface area contributed by atoms with Crippen LogP contribution >= 0.6 is 22.7 Å². The first kappa shape index (κ1) is 20.5. The number of aryl methyl sites for hydroxylation is 4. The number of benzene rings is 1. The summed E-state index contributed by atoms with van der Waals surface area (Å²) in [6.07, 6.45) is 0. The fourth-order valence-corrected chi connectivity index (χ4v) is 7.32. The fourth-order valence-electron chi connectivity index (χ4n) is 3.69.